The Morgan fingerprint density at radius 3 is 2.71 bits per heavy atom. The minimum atomic E-state index is -1.06. The molecule has 1 N–H and O–H groups in total. The summed E-state index contributed by atoms with van der Waals surface area (Å²) < 4.78 is 20.0. The van der Waals surface area contributed by atoms with Gasteiger partial charge < -0.3 is 9.84 Å². The maximum Gasteiger partial charge on any atom is 0.328 e. The third kappa shape index (κ3) is 4.16. The summed E-state index contributed by atoms with van der Waals surface area (Å²) in [4.78, 5) is 10.6. The maximum absolute atomic E-state index is 13.7. The zero-order chi connectivity index (χ0) is 15.4. The summed E-state index contributed by atoms with van der Waals surface area (Å²) in [6.07, 6.45) is 2.43. The third-order valence-corrected chi connectivity index (χ3v) is 3.18. The minimum Gasteiger partial charge on any atom is -0.478 e. The van der Waals surface area contributed by atoms with E-state index in [1.165, 1.54) is 18.2 Å². The number of benzene rings is 2. The summed E-state index contributed by atoms with van der Waals surface area (Å²) in [5.74, 6) is -1.10. The second kappa shape index (κ2) is 6.54. The average Bonchev–Trinajstić information content (AvgIpc) is 2.43. The number of carboxylic acid groups (broad SMARTS) is 1. The first-order valence-corrected chi connectivity index (χ1v) is 6.89. The molecule has 0 aromatic heterocycles. The van der Waals surface area contributed by atoms with E-state index >= 15 is 0 Å². The molecule has 108 valence electrons. The van der Waals surface area contributed by atoms with Crippen molar-refractivity contribution in [1.82, 2.24) is 0 Å². The van der Waals surface area contributed by atoms with Crippen molar-refractivity contribution >= 4 is 28.0 Å². The first-order valence-electron chi connectivity index (χ1n) is 6.10. The van der Waals surface area contributed by atoms with Crippen molar-refractivity contribution in [3.05, 3.63) is 63.9 Å². The molecular formula is C16H12BrFO3. The van der Waals surface area contributed by atoms with Crippen LogP contribution in [0, 0.1) is 12.7 Å². The van der Waals surface area contributed by atoms with Crippen LogP contribution in [0.3, 0.4) is 0 Å². The fraction of sp³-hybridized carbons (Fsp3) is 0.0625. The van der Waals surface area contributed by atoms with Crippen LogP contribution in [0.25, 0.3) is 6.08 Å². The summed E-state index contributed by atoms with van der Waals surface area (Å²) in [6.45, 7) is 1.88. The van der Waals surface area contributed by atoms with Crippen LogP contribution in [-0.4, -0.2) is 11.1 Å². The first kappa shape index (κ1) is 15.3. The van der Waals surface area contributed by atoms with Gasteiger partial charge in [-0.1, -0.05) is 27.6 Å². The second-order valence-electron chi connectivity index (χ2n) is 4.39. The van der Waals surface area contributed by atoms with E-state index in [0.29, 0.717) is 15.8 Å². The number of rotatable bonds is 4. The van der Waals surface area contributed by atoms with Gasteiger partial charge in [0.15, 0.2) is 11.6 Å². The smallest absolute Gasteiger partial charge is 0.328 e. The molecule has 5 heteroatoms. The second-order valence-corrected chi connectivity index (χ2v) is 5.31. The molecular weight excluding hydrogens is 339 g/mol. The molecule has 0 atom stereocenters. The molecule has 0 aliphatic carbocycles. The summed E-state index contributed by atoms with van der Waals surface area (Å²) in [5, 5.41) is 8.71. The van der Waals surface area contributed by atoms with Gasteiger partial charge in [-0.05, 0) is 43.3 Å². The lowest BCUT2D eigenvalue weighted by molar-refractivity contribution is -0.131. The van der Waals surface area contributed by atoms with Gasteiger partial charge in [0.1, 0.15) is 5.75 Å². The molecule has 2 aromatic carbocycles. The highest BCUT2D eigenvalue weighted by atomic mass is 79.9. The zero-order valence-electron chi connectivity index (χ0n) is 11.1. The molecule has 0 saturated heterocycles. The van der Waals surface area contributed by atoms with E-state index in [1.54, 1.807) is 18.2 Å². The molecule has 0 aliphatic heterocycles. The number of hydrogen-bond acceptors (Lipinski definition) is 2. The normalized spacial score (nSPS) is 10.8. The number of aryl methyl sites for hydroxylation is 1. The Hall–Kier alpha value is -2.14. The molecule has 0 amide bonds. The largest absolute Gasteiger partial charge is 0.478 e. The van der Waals surface area contributed by atoms with Gasteiger partial charge in [0.25, 0.3) is 0 Å². The Kier molecular flexibility index (Phi) is 4.75. The van der Waals surface area contributed by atoms with Gasteiger partial charge in [0.05, 0.1) is 0 Å². The molecule has 0 aliphatic rings. The number of carbonyl (C=O) groups is 1. The van der Waals surface area contributed by atoms with Gasteiger partial charge in [0, 0.05) is 16.1 Å². The highest BCUT2D eigenvalue weighted by Crippen LogP contribution is 2.31. The predicted molar refractivity (Wildman–Crippen MR) is 82.0 cm³/mol. The van der Waals surface area contributed by atoms with E-state index in [2.05, 4.69) is 15.9 Å². The summed E-state index contributed by atoms with van der Waals surface area (Å²) in [5.41, 5.74) is 1.51. The van der Waals surface area contributed by atoms with Crippen LogP contribution in [0.4, 0.5) is 4.39 Å². The van der Waals surface area contributed by atoms with Crippen LogP contribution in [0.1, 0.15) is 11.1 Å². The Morgan fingerprint density at radius 1 is 1.24 bits per heavy atom. The van der Waals surface area contributed by atoms with Crippen LogP contribution in [0.2, 0.25) is 0 Å². The number of carboxylic acids is 1. The molecule has 2 aromatic rings. The van der Waals surface area contributed by atoms with Crippen molar-refractivity contribution in [3.63, 3.8) is 0 Å². The topological polar surface area (TPSA) is 46.5 Å². The van der Waals surface area contributed by atoms with E-state index in [0.717, 1.165) is 11.6 Å². The molecule has 0 saturated carbocycles. The van der Waals surface area contributed by atoms with Crippen molar-refractivity contribution in [3.8, 4) is 11.5 Å². The Labute approximate surface area is 129 Å². The molecule has 0 unspecified atom stereocenters. The zero-order valence-corrected chi connectivity index (χ0v) is 12.7. The maximum atomic E-state index is 13.7. The quantitative estimate of drug-likeness (QED) is 0.806. The third-order valence-electron chi connectivity index (χ3n) is 2.68. The van der Waals surface area contributed by atoms with Crippen LogP contribution >= 0.6 is 15.9 Å². The highest BCUT2D eigenvalue weighted by Gasteiger charge is 2.08. The van der Waals surface area contributed by atoms with Crippen LogP contribution in [0.5, 0.6) is 11.5 Å². The molecule has 0 bridgehead atoms. The summed E-state index contributed by atoms with van der Waals surface area (Å²) >= 11 is 3.25. The number of hydrogen-bond donors (Lipinski definition) is 1. The first-order chi connectivity index (χ1) is 9.95. The van der Waals surface area contributed by atoms with Crippen LogP contribution < -0.4 is 4.74 Å². The lowest BCUT2D eigenvalue weighted by atomic mass is 10.1. The van der Waals surface area contributed by atoms with Gasteiger partial charge in [-0.15, -0.1) is 0 Å². The van der Waals surface area contributed by atoms with Crippen LogP contribution in [-0.2, 0) is 4.79 Å². The molecule has 0 radical (unpaired) electrons. The minimum absolute atomic E-state index is 0.0678. The Morgan fingerprint density at radius 2 is 2.00 bits per heavy atom. The standard InChI is InChI=1S/C16H12BrFO3/c1-10-2-6-14(11(8-10)3-7-16(19)20)21-15-9-12(17)4-5-13(15)18/h2-9H,1H3,(H,19,20)/b7-3+. The molecule has 0 spiro atoms. The van der Waals surface area contributed by atoms with Gasteiger partial charge in [-0.25, -0.2) is 9.18 Å². The fourth-order valence-corrected chi connectivity index (χ4v) is 2.07. The Balaban J connectivity index is 2.39. The fourth-order valence-electron chi connectivity index (χ4n) is 1.73. The summed E-state index contributed by atoms with van der Waals surface area (Å²) in [6, 6.07) is 9.63. The van der Waals surface area contributed by atoms with Gasteiger partial charge in [-0.3, -0.25) is 0 Å². The molecule has 3 nitrogen and oxygen atoms in total. The number of ether oxygens (including phenoxy) is 1. The van der Waals surface area contributed by atoms with E-state index in [-0.39, 0.29) is 5.75 Å². The van der Waals surface area contributed by atoms with E-state index in [1.807, 2.05) is 13.0 Å². The Bertz CT molecular complexity index is 711. The lowest BCUT2D eigenvalue weighted by Gasteiger charge is -2.10. The summed E-state index contributed by atoms with van der Waals surface area (Å²) in [7, 11) is 0. The molecule has 21 heavy (non-hydrogen) atoms. The highest BCUT2D eigenvalue weighted by molar-refractivity contribution is 9.10. The van der Waals surface area contributed by atoms with Crippen LogP contribution in [0.15, 0.2) is 46.9 Å². The van der Waals surface area contributed by atoms with Crippen molar-refractivity contribution in [2.75, 3.05) is 0 Å². The number of halogens is 2. The average molecular weight is 351 g/mol. The molecule has 0 heterocycles. The van der Waals surface area contributed by atoms with Crippen molar-refractivity contribution in [1.29, 1.82) is 0 Å². The van der Waals surface area contributed by atoms with Gasteiger partial charge in [0.2, 0.25) is 0 Å². The van der Waals surface area contributed by atoms with Crippen molar-refractivity contribution in [2.24, 2.45) is 0 Å². The predicted octanol–water partition coefficient (Wildman–Crippen LogP) is 4.79. The SMILES string of the molecule is Cc1ccc(Oc2cc(Br)ccc2F)c(/C=C/C(=O)O)c1. The lowest BCUT2D eigenvalue weighted by Crippen LogP contribution is -1.92. The van der Waals surface area contributed by atoms with Crippen molar-refractivity contribution < 1.29 is 19.0 Å². The van der Waals surface area contributed by atoms with E-state index in [9.17, 15) is 9.18 Å². The molecule has 2 rings (SSSR count). The monoisotopic (exact) mass is 350 g/mol. The number of aliphatic carboxylic acids is 1. The van der Waals surface area contributed by atoms with E-state index in [4.69, 9.17) is 9.84 Å². The van der Waals surface area contributed by atoms with Gasteiger partial charge in [-0.2, -0.15) is 0 Å². The van der Waals surface area contributed by atoms with Gasteiger partial charge >= 0.3 is 5.97 Å². The molecule has 0 fully saturated rings. The van der Waals surface area contributed by atoms with E-state index < -0.39 is 11.8 Å². The van der Waals surface area contributed by atoms with Crippen molar-refractivity contribution in [2.45, 2.75) is 6.92 Å².